The van der Waals surface area contributed by atoms with E-state index in [0.29, 0.717) is 32.7 Å². The molecule has 0 aromatic carbocycles. The van der Waals surface area contributed by atoms with Gasteiger partial charge in [0, 0.05) is 26.2 Å². The minimum absolute atomic E-state index is 0.0155. The molecule has 0 aromatic heterocycles. The Hall–Kier alpha value is -0.665. The van der Waals surface area contributed by atoms with Crippen molar-refractivity contribution in [2.24, 2.45) is 5.92 Å². The minimum Gasteiger partial charge on any atom is -0.427 e. The van der Waals surface area contributed by atoms with Gasteiger partial charge in [-0.1, -0.05) is 0 Å². The van der Waals surface area contributed by atoms with Crippen molar-refractivity contribution in [3.63, 3.8) is 0 Å². The fourth-order valence-electron chi connectivity index (χ4n) is 3.56. The van der Waals surface area contributed by atoms with Gasteiger partial charge in [-0.05, 0) is 20.3 Å². The molecule has 0 spiro atoms. The summed E-state index contributed by atoms with van der Waals surface area (Å²) in [5.41, 5.74) is 0. The monoisotopic (exact) mass is 311 g/mol. The molecule has 3 fully saturated rings. The smallest absolute Gasteiger partial charge is 0.395 e. The summed E-state index contributed by atoms with van der Waals surface area (Å²) in [6.07, 6.45) is 0.325. The normalized spacial score (nSPS) is 37.1. The van der Waals surface area contributed by atoms with Gasteiger partial charge in [0.05, 0.1) is 19.1 Å². The second-order valence-corrected chi connectivity index (χ2v) is 6.47. The lowest BCUT2D eigenvalue weighted by molar-refractivity contribution is -0.165. The fraction of sp³-hybridized carbons (Fsp3) is 0.929. The molecular formula is C14H24BN2O5. The molecular weight excluding hydrogens is 287 g/mol. The van der Waals surface area contributed by atoms with Gasteiger partial charge in [-0.2, -0.15) is 0 Å². The molecule has 1 N–H and O–H groups in total. The van der Waals surface area contributed by atoms with Gasteiger partial charge in [0.2, 0.25) is 5.91 Å². The van der Waals surface area contributed by atoms with Crippen LogP contribution >= 0.6 is 0 Å². The zero-order valence-corrected chi connectivity index (χ0v) is 13.4. The fourth-order valence-corrected chi connectivity index (χ4v) is 3.56. The Bertz CT molecular complexity index is 416. The van der Waals surface area contributed by atoms with Crippen LogP contribution in [-0.4, -0.2) is 75.9 Å². The predicted molar refractivity (Wildman–Crippen MR) is 79.0 cm³/mol. The third kappa shape index (κ3) is 3.16. The van der Waals surface area contributed by atoms with E-state index in [-0.39, 0.29) is 30.1 Å². The van der Waals surface area contributed by atoms with Crippen LogP contribution in [0.1, 0.15) is 20.3 Å². The molecule has 3 rings (SSSR count). The quantitative estimate of drug-likeness (QED) is 0.708. The minimum atomic E-state index is -0.660. The van der Waals surface area contributed by atoms with E-state index >= 15 is 0 Å². The molecule has 1 aliphatic carbocycles. The molecule has 3 aliphatic rings. The first-order valence-electron chi connectivity index (χ1n) is 7.84. The third-order valence-corrected chi connectivity index (χ3v) is 4.50. The summed E-state index contributed by atoms with van der Waals surface area (Å²) in [6, 6.07) is 0.0155. The highest BCUT2D eigenvalue weighted by molar-refractivity contribution is 6.23. The van der Waals surface area contributed by atoms with Crippen molar-refractivity contribution in [2.45, 2.75) is 44.3 Å². The standard InChI is InChI=1S/C14H24BN2O5/c1-14(2)21-11-9(13(18)17-4-6-20-7-5-17)8-10(12(11)22-14)16-15-19-3/h9-12,16H,4-8H2,1-3H3/t9-,10+,11+,12-/m0/s1. The summed E-state index contributed by atoms with van der Waals surface area (Å²) in [7, 11) is 3.13. The lowest BCUT2D eigenvalue weighted by Crippen LogP contribution is -2.46. The van der Waals surface area contributed by atoms with Crippen molar-refractivity contribution in [3.05, 3.63) is 0 Å². The Labute approximate surface area is 131 Å². The molecule has 22 heavy (non-hydrogen) atoms. The highest BCUT2D eigenvalue weighted by atomic mass is 16.8. The second-order valence-electron chi connectivity index (χ2n) is 6.47. The number of ether oxygens (including phenoxy) is 3. The summed E-state index contributed by atoms with van der Waals surface area (Å²) >= 11 is 0. The van der Waals surface area contributed by atoms with Crippen LogP contribution in [-0.2, 0) is 23.7 Å². The largest absolute Gasteiger partial charge is 0.427 e. The second kappa shape index (κ2) is 6.45. The number of rotatable bonds is 4. The maximum atomic E-state index is 12.8. The highest BCUT2D eigenvalue weighted by Crippen LogP contribution is 2.42. The molecule has 0 aromatic rings. The number of hydrogen-bond donors (Lipinski definition) is 1. The van der Waals surface area contributed by atoms with Crippen LogP contribution in [0, 0.1) is 5.92 Å². The molecule has 1 radical (unpaired) electrons. The van der Waals surface area contributed by atoms with Crippen molar-refractivity contribution < 1.29 is 23.7 Å². The molecule has 123 valence electrons. The van der Waals surface area contributed by atoms with E-state index in [4.69, 9.17) is 18.9 Å². The van der Waals surface area contributed by atoms with Gasteiger partial charge in [-0.25, -0.2) is 0 Å². The lowest BCUT2D eigenvalue weighted by atomic mass is 10.0. The Morgan fingerprint density at radius 1 is 1.27 bits per heavy atom. The molecule has 1 amide bonds. The van der Waals surface area contributed by atoms with Crippen molar-refractivity contribution >= 4 is 13.5 Å². The number of hydrogen-bond acceptors (Lipinski definition) is 6. The maximum Gasteiger partial charge on any atom is 0.395 e. The molecule has 7 nitrogen and oxygen atoms in total. The van der Waals surface area contributed by atoms with Crippen molar-refractivity contribution in [2.75, 3.05) is 33.4 Å². The molecule has 4 atom stereocenters. The Balaban J connectivity index is 1.71. The summed E-state index contributed by atoms with van der Waals surface area (Å²) < 4.78 is 22.3. The zero-order chi connectivity index (χ0) is 15.7. The average molecular weight is 311 g/mol. The van der Waals surface area contributed by atoms with Crippen LogP contribution in [0.5, 0.6) is 0 Å². The number of morpholine rings is 1. The van der Waals surface area contributed by atoms with E-state index in [9.17, 15) is 4.79 Å². The van der Waals surface area contributed by atoms with E-state index in [1.54, 1.807) is 7.11 Å². The number of nitrogens with one attached hydrogen (secondary N) is 1. The van der Waals surface area contributed by atoms with Crippen LogP contribution < -0.4 is 5.23 Å². The zero-order valence-electron chi connectivity index (χ0n) is 13.4. The van der Waals surface area contributed by atoms with Crippen LogP contribution in [0.3, 0.4) is 0 Å². The van der Waals surface area contributed by atoms with E-state index in [2.05, 4.69) is 5.23 Å². The van der Waals surface area contributed by atoms with Crippen molar-refractivity contribution in [1.82, 2.24) is 10.1 Å². The SMILES string of the molecule is CO[B]N[C@@H]1C[C@H](C(=O)N2CCOCC2)[C@H]2OC(C)(C)O[C@H]21. The van der Waals surface area contributed by atoms with E-state index < -0.39 is 5.79 Å². The summed E-state index contributed by atoms with van der Waals surface area (Å²) in [5.74, 6) is -0.708. The predicted octanol–water partition coefficient (Wildman–Crippen LogP) is -0.476. The first kappa shape index (κ1) is 16.2. The topological polar surface area (TPSA) is 69.3 Å². The van der Waals surface area contributed by atoms with Gasteiger partial charge in [-0.15, -0.1) is 0 Å². The van der Waals surface area contributed by atoms with E-state index in [0.717, 1.165) is 0 Å². The van der Waals surface area contributed by atoms with Gasteiger partial charge in [-0.3, -0.25) is 4.79 Å². The Morgan fingerprint density at radius 3 is 2.64 bits per heavy atom. The number of fused-ring (bicyclic) bond motifs is 1. The number of carbonyl (C=O) groups is 1. The Morgan fingerprint density at radius 2 is 1.95 bits per heavy atom. The van der Waals surface area contributed by atoms with E-state index in [1.165, 1.54) is 7.62 Å². The first-order valence-corrected chi connectivity index (χ1v) is 7.84. The van der Waals surface area contributed by atoms with Crippen LogP contribution in [0.4, 0.5) is 0 Å². The van der Waals surface area contributed by atoms with Crippen LogP contribution in [0.15, 0.2) is 0 Å². The molecule has 0 unspecified atom stereocenters. The van der Waals surface area contributed by atoms with E-state index in [1.807, 2.05) is 18.7 Å². The first-order chi connectivity index (χ1) is 10.5. The van der Waals surface area contributed by atoms with Gasteiger partial charge in [0.25, 0.3) is 0 Å². The van der Waals surface area contributed by atoms with Crippen molar-refractivity contribution in [1.29, 1.82) is 0 Å². The maximum absolute atomic E-state index is 12.8. The lowest BCUT2D eigenvalue weighted by Gasteiger charge is -2.31. The number of carbonyl (C=O) groups excluding carboxylic acids is 1. The summed E-state index contributed by atoms with van der Waals surface area (Å²) in [6.45, 7) is 6.29. The highest BCUT2D eigenvalue weighted by Gasteiger charge is 2.56. The Kier molecular flexibility index (Phi) is 4.75. The number of nitrogens with zero attached hydrogens (tertiary/aromatic N) is 1. The number of amides is 1. The summed E-state index contributed by atoms with van der Waals surface area (Å²) in [4.78, 5) is 14.7. The molecule has 2 aliphatic heterocycles. The van der Waals surface area contributed by atoms with Gasteiger partial charge < -0.3 is 29.0 Å². The molecule has 8 heteroatoms. The molecule has 1 saturated carbocycles. The molecule has 0 bridgehead atoms. The van der Waals surface area contributed by atoms with Crippen molar-refractivity contribution in [3.8, 4) is 0 Å². The van der Waals surface area contributed by atoms with Crippen LogP contribution in [0.25, 0.3) is 0 Å². The molecule has 2 heterocycles. The summed E-state index contributed by atoms with van der Waals surface area (Å²) in [5, 5.41) is 3.18. The third-order valence-electron chi connectivity index (χ3n) is 4.50. The van der Waals surface area contributed by atoms with Gasteiger partial charge >= 0.3 is 7.62 Å². The van der Waals surface area contributed by atoms with Crippen LogP contribution in [0.2, 0.25) is 0 Å². The van der Waals surface area contributed by atoms with Gasteiger partial charge in [0.1, 0.15) is 12.2 Å². The average Bonchev–Trinajstić information content (AvgIpc) is 2.99. The molecule has 2 saturated heterocycles. The van der Waals surface area contributed by atoms with Gasteiger partial charge in [0.15, 0.2) is 5.79 Å².